The van der Waals surface area contributed by atoms with E-state index < -0.39 is 11.9 Å². The highest BCUT2D eigenvalue weighted by atomic mass is 79.9. The minimum atomic E-state index is -0.492. The van der Waals surface area contributed by atoms with E-state index in [0.717, 1.165) is 21.3 Å². The molecule has 4 rings (SSSR count). The van der Waals surface area contributed by atoms with Crippen molar-refractivity contribution >= 4 is 33.4 Å². The van der Waals surface area contributed by atoms with Gasteiger partial charge in [0.05, 0.1) is 18.4 Å². The maximum atomic E-state index is 13.2. The van der Waals surface area contributed by atoms with Gasteiger partial charge in [-0.2, -0.15) is 0 Å². The van der Waals surface area contributed by atoms with Crippen molar-refractivity contribution in [3.63, 3.8) is 0 Å². The first-order chi connectivity index (χ1) is 12.5. The number of allylic oxidation sites excluding steroid dienone is 2. The smallest absolute Gasteiger partial charge is 0.336 e. The lowest BCUT2D eigenvalue weighted by molar-refractivity contribution is -0.136. The zero-order valence-corrected chi connectivity index (χ0v) is 15.9. The molecule has 2 aliphatic rings. The molecule has 0 fully saturated rings. The van der Waals surface area contributed by atoms with E-state index in [4.69, 9.17) is 4.74 Å². The van der Waals surface area contributed by atoms with E-state index in [-0.39, 0.29) is 5.78 Å². The van der Waals surface area contributed by atoms with Gasteiger partial charge >= 0.3 is 5.97 Å². The number of Topliss-reactive ketones (excluding diaryl/α,β-unsaturated/α-hetero) is 1. The number of rotatable bonds is 2. The number of hydrogen-bond acceptors (Lipinski definition) is 4. The van der Waals surface area contributed by atoms with Gasteiger partial charge < -0.3 is 10.1 Å². The molecule has 0 bridgehead atoms. The highest BCUT2D eigenvalue weighted by Crippen LogP contribution is 2.47. The standard InChI is InChI=1S/C21H16BrNO3/c1-11-16(21(25)26-2)17(14-9-5-6-10-15(14)22)18-19(23-11)12-7-3-4-8-13(12)20(18)24/h3-10,17,23H,1-2H3/t17-/m0/s1. The number of methoxy groups -OCH3 is 1. The van der Waals surface area contributed by atoms with Crippen molar-refractivity contribution in [2.45, 2.75) is 12.8 Å². The summed E-state index contributed by atoms with van der Waals surface area (Å²) in [6.45, 7) is 1.84. The van der Waals surface area contributed by atoms with E-state index >= 15 is 0 Å². The summed E-state index contributed by atoms with van der Waals surface area (Å²) in [5, 5.41) is 3.27. The summed E-state index contributed by atoms with van der Waals surface area (Å²) in [6.07, 6.45) is 0. The molecule has 1 aliphatic heterocycles. The number of ether oxygens (including phenoxy) is 1. The van der Waals surface area contributed by atoms with Crippen molar-refractivity contribution in [3.05, 3.63) is 86.5 Å². The van der Waals surface area contributed by atoms with Crippen molar-refractivity contribution in [1.29, 1.82) is 0 Å². The molecule has 1 aliphatic carbocycles. The summed E-state index contributed by atoms with van der Waals surface area (Å²) in [5.41, 5.74) is 4.90. The molecule has 26 heavy (non-hydrogen) atoms. The van der Waals surface area contributed by atoms with Crippen LogP contribution in [0.1, 0.15) is 34.3 Å². The lowest BCUT2D eigenvalue weighted by Crippen LogP contribution is -2.29. The molecule has 2 aromatic rings. The molecule has 0 spiro atoms. The Bertz CT molecular complexity index is 1020. The van der Waals surface area contributed by atoms with Crippen LogP contribution in [0.5, 0.6) is 0 Å². The maximum Gasteiger partial charge on any atom is 0.336 e. The molecule has 0 amide bonds. The highest BCUT2D eigenvalue weighted by molar-refractivity contribution is 9.10. The van der Waals surface area contributed by atoms with Crippen molar-refractivity contribution in [2.24, 2.45) is 0 Å². The Labute approximate surface area is 159 Å². The maximum absolute atomic E-state index is 13.2. The van der Waals surface area contributed by atoms with Crippen LogP contribution in [0.2, 0.25) is 0 Å². The first-order valence-corrected chi connectivity index (χ1v) is 9.02. The third kappa shape index (κ3) is 2.35. The molecule has 0 saturated heterocycles. The Hall–Kier alpha value is -2.66. The van der Waals surface area contributed by atoms with Crippen LogP contribution in [0, 0.1) is 0 Å². The lowest BCUT2D eigenvalue weighted by Gasteiger charge is -2.29. The zero-order chi connectivity index (χ0) is 18.4. The van der Waals surface area contributed by atoms with Gasteiger partial charge in [0.15, 0.2) is 5.78 Å². The van der Waals surface area contributed by atoms with E-state index in [1.54, 1.807) is 0 Å². The molecule has 1 atom stereocenters. The molecule has 0 aromatic heterocycles. The normalized spacial score (nSPS) is 18.4. The van der Waals surface area contributed by atoms with Crippen LogP contribution in [-0.4, -0.2) is 18.9 Å². The third-order valence-corrected chi connectivity index (χ3v) is 5.59. The van der Waals surface area contributed by atoms with E-state index in [1.807, 2.05) is 55.5 Å². The summed E-state index contributed by atoms with van der Waals surface area (Å²) in [7, 11) is 1.36. The number of nitrogens with one attached hydrogen (secondary N) is 1. The number of fused-ring (bicyclic) bond motifs is 2. The highest BCUT2D eigenvalue weighted by Gasteiger charge is 2.43. The van der Waals surface area contributed by atoms with Crippen LogP contribution in [0.3, 0.4) is 0 Å². The largest absolute Gasteiger partial charge is 0.466 e. The molecule has 1 N–H and O–H groups in total. The molecule has 4 nitrogen and oxygen atoms in total. The van der Waals surface area contributed by atoms with Gasteiger partial charge in [0, 0.05) is 32.8 Å². The molecule has 2 aromatic carbocycles. The summed E-state index contributed by atoms with van der Waals surface area (Å²) >= 11 is 3.57. The summed E-state index contributed by atoms with van der Waals surface area (Å²) in [6, 6.07) is 15.2. The third-order valence-electron chi connectivity index (χ3n) is 4.87. The predicted octanol–water partition coefficient (Wildman–Crippen LogP) is 4.19. The van der Waals surface area contributed by atoms with Crippen LogP contribution >= 0.6 is 15.9 Å². The number of halogens is 1. The van der Waals surface area contributed by atoms with Gasteiger partial charge in [-0.25, -0.2) is 4.79 Å². The van der Waals surface area contributed by atoms with Gasteiger partial charge in [0.1, 0.15) is 0 Å². The van der Waals surface area contributed by atoms with Crippen LogP contribution in [-0.2, 0) is 9.53 Å². The Morgan fingerprint density at radius 2 is 1.73 bits per heavy atom. The topological polar surface area (TPSA) is 55.4 Å². The Morgan fingerprint density at radius 3 is 2.42 bits per heavy atom. The molecule has 1 heterocycles. The molecule has 0 unspecified atom stereocenters. The average Bonchev–Trinajstić information content (AvgIpc) is 2.93. The Balaban J connectivity index is 1.99. The van der Waals surface area contributed by atoms with E-state index in [0.29, 0.717) is 22.4 Å². The molecule has 0 radical (unpaired) electrons. The van der Waals surface area contributed by atoms with Gasteiger partial charge in [0.25, 0.3) is 0 Å². The van der Waals surface area contributed by atoms with Crippen LogP contribution in [0.25, 0.3) is 5.70 Å². The Kier molecular flexibility index (Phi) is 4.04. The van der Waals surface area contributed by atoms with Crippen molar-refractivity contribution in [2.75, 3.05) is 7.11 Å². The quantitative estimate of drug-likeness (QED) is 0.755. The fourth-order valence-corrected chi connectivity index (χ4v) is 4.24. The molecular formula is C21H16BrNO3. The monoisotopic (exact) mass is 409 g/mol. The molecular weight excluding hydrogens is 394 g/mol. The van der Waals surface area contributed by atoms with E-state index in [9.17, 15) is 9.59 Å². The molecule has 130 valence electrons. The number of esters is 1. The molecule has 5 heteroatoms. The Morgan fingerprint density at radius 1 is 1.08 bits per heavy atom. The number of dihydropyridines is 1. The number of benzene rings is 2. The van der Waals surface area contributed by atoms with Crippen LogP contribution in [0.15, 0.2) is 69.8 Å². The summed E-state index contributed by atoms with van der Waals surface area (Å²) in [4.78, 5) is 25.8. The van der Waals surface area contributed by atoms with Gasteiger partial charge in [0.2, 0.25) is 0 Å². The van der Waals surface area contributed by atoms with Gasteiger partial charge in [-0.1, -0.05) is 58.4 Å². The summed E-state index contributed by atoms with van der Waals surface area (Å²) < 4.78 is 5.87. The second kappa shape index (κ2) is 6.25. The van der Waals surface area contributed by atoms with Crippen LogP contribution < -0.4 is 5.32 Å². The number of ketones is 1. The van der Waals surface area contributed by atoms with Gasteiger partial charge in [-0.3, -0.25) is 4.79 Å². The van der Waals surface area contributed by atoms with Gasteiger partial charge in [-0.15, -0.1) is 0 Å². The zero-order valence-electron chi connectivity index (χ0n) is 14.3. The minimum Gasteiger partial charge on any atom is -0.466 e. The van der Waals surface area contributed by atoms with Crippen molar-refractivity contribution in [3.8, 4) is 0 Å². The van der Waals surface area contributed by atoms with E-state index in [2.05, 4.69) is 21.2 Å². The van der Waals surface area contributed by atoms with E-state index in [1.165, 1.54) is 7.11 Å². The minimum absolute atomic E-state index is 0.0576. The lowest BCUT2D eigenvalue weighted by atomic mass is 9.80. The van der Waals surface area contributed by atoms with Crippen molar-refractivity contribution < 1.29 is 14.3 Å². The first kappa shape index (κ1) is 16.8. The number of carbonyl (C=O) groups is 2. The molecule has 0 saturated carbocycles. The number of hydrogen-bond donors (Lipinski definition) is 1. The predicted molar refractivity (Wildman–Crippen MR) is 102 cm³/mol. The second-order valence-corrected chi connectivity index (χ2v) is 7.13. The SMILES string of the molecule is COC(=O)C1=C(C)NC2=C(C(=O)c3ccccc32)[C@H]1c1ccccc1Br. The second-order valence-electron chi connectivity index (χ2n) is 6.27. The first-order valence-electron chi connectivity index (χ1n) is 8.23. The fourth-order valence-electron chi connectivity index (χ4n) is 3.73. The van der Waals surface area contributed by atoms with Crippen molar-refractivity contribution in [1.82, 2.24) is 5.32 Å². The number of carbonyl (C=O) groups excluding carboxylic acids is 2. The average molecular weight is 410 g/mol. The fraction of sp³-hybridized carbons (Fsp3) is 0.143. The summed E-state index contributed by atoms with van der Waals surface area (Å²) in [5.74, 6) is -0.988. The van der Waals surface area contributed by atoms with Gasteiger partial charge in [-0.05, 0) is 18.6 Å². The van der Waals surface area contributed by atoms with Crippen LogP contribution in [0.4, 0.5) is 0 Å².